The highest BCUT2D eigenvalue weighted by Gasteiger charge is 2.50. The molecule has 2 aromatic carbocycles. The molecule has 48 heavy (non-hydrogen) atoms. The minimum atomic E-state index is -1.65. The smallest absolute Gasteiger partial charge is 0.109 e. The molecular formula is C45H71N2P. The van der Waals surface area contributed by atoms with E-state index in [4.69, 9.17) is 0 Å². The van der Waals surface area contributed by atoms with E-state index in [1.165, 1.54) is 96.3 Å². The van der Waals surface area contributed by atoms with E-state index in [0.717, 1.165) is 30.1 Å². The zero-order chi connectivity index (χ0) is 34.0. The number of para-hydroxylation sites is 2. The fourth-order valence-corrected chi connectivity index (χ4v) is 18.6. The van der Waals surface area contributed by atoms with Crippen LogP contribution in [0, 0.1) is 0 Å². The van der Waals surface area contributed by atoms with Gasteiger partial charge in [0.2, 0.25) is 0 Å². The first-order valence-electron chi connectivity index (χ1n) is 20.7. The molecule has 1 saturated heterocycles. The van der Waals surface area contributed by atoms with Crippen LogP contribution in [0.4, 0.5) is 11.4 Å². The molecule has 1 heterocycles. The van der Waals surface area contributed by atoms with Gasteiger partial charge in [-0.3, -0.25) is 0 Å². The van der Waals surface area contributed by atoms with Gasteiger partial charge in [-0.05, 0) is 101 Å². The molecule has 4 aliphatic rings. The molecule has 6 rings (SSSR count). The molecule has 3 saturated carbocycles. The summed E-state index contributed by atoms with van der Waals surface area (Å²) >= 11 is 0. The summed E-state index contributed by atoms with van der Waals surface area (Å²) in [4.78, 5) is 6.16. The first-order chi connectivity index (χ1) is 23.2. The molecule has 0 bridgehead atoms. The lowest BCUT2D eigenvalue weighted by Crippen LogP contribution is -2.45. The fourth-order valence-electron chi connectivity index (χ4n) is 10.9. The van der Waals surface area contributed by atoms with Crippen molar-refractivity contribution in [2.45, 2.75) is 192 Å². The molecule has 0 amide bonds. The maximum Gasteiger partial charge on any atom is 0.109 e. The molecule has 0 spiro atoms. The van der Waals surface area contributed by atoms with Crippen LogP contribution in [0.15, 0.2) is 36.4 Å². The largest absolute Gasteiger partial charge is 0.326 e. The van der Waals surface area contributed by atoms with Crippen molar-refractivity contribution < 1.29 is 0 Å². The van der Waals surface area contributed by atoms with Crippen molar-refractivity contribution in [3.63, 3.8) is 0 Å². The Morgan fingerprint density at radius 3 is 0.958 bits per heavy atom. The van der Waals surface area contributed by atoms with Crippen molar-refractivity contribution in [2.75, 3.05) is 22.9 Å². The molecule has 2 aromatic rings. The van der Waals surface area contributed by atoms with E-state index in [1.807, 2.05) is 5.54 Å². The van der Waals surface area contributed by atoms with Crippen molar-refractivity contribution in [3.8, 4) is 0 Å². The van der Waals surface area contributed by atoms with Crippen molar-refractivity contribution >= 4 is 23.8 Å². The summed E-state index contributed by atoms with van der Waals surface area (Å²) in [6.07, 6.45) is 22.0. The van der Waals surface area contributed by atoms with Crippen molar-refractivity contribution in [3.05, 3.63) is 58.7 Å². The Kier molecular flexibility index (Phi) is 11.8. The van der Waals surface area contributed by atoms with Gasteiger partial charge in [-0.1, -0.05) is 156 Å². The second-order valence-electron chi connectivity index (χ2n) is 17.5. The van der Waals surface area contributed by atoms with Crippen LogP contribution in [-0.4, -0.2) is 35.6 Å². The predicted molar refractivity (Wildman–Crippen MR) is 216 cm³/mol. The van der Waals surface area contributed by atoms with Crippen LogP contribution >= 0.6 is 6.89 Å². The molecule has 3 heteroatoms. The van der Waals surface area contributed by atoms with Gasteiger partial charge < -0.3 is 9.80 Å². The topological polar surface area (TPSA) is 6.48 Å². The number of hydrogen-bond acceptors (Lipinski definition) is 0. The Hall–Kier alpha value is -1.66. The molecule has 0 aromatic heterocycles. The van der Waals surface area contributed by atoms with Crippen molar-refractivity contribution in [2.24, 2.45) is 0 Å². The second-order valence-corrected chi connectivity index (χ2v) is 21.8. The van der Waals surface area contributed by atoms with Gasteiger partial charge in [0, 0.05) is 24.5 Å². The molecule has 0 radical (unpaired) electrons. The minimum absolute atomic E-state index is 0.509. The van der Waals surface area contributed by atoms with Gasteiger partial charge in [0.05, 0.1) is 0 Å². The van der Waals surface area contributed by atoms with E-state index < -0.39 is 6.89 Å². The lowest BCUT2D eigenvalue weighted by Gasteiger charge is -2.53. The zero-order valence-electron chi connectivity index (χ0n) is 32.4. The van der Waals surface area contributed by atoms with Gasteiger partial charge >= 0.3 is 0 Å². The average Bonchev–Trinajstić information content (AvgIpc) is 3.54. The normalized spacial score (nSPS) is 21.1. The first-order valence-corrected chi connectivity index (χ1v) is 22.7. The molecule has 0 unspecified atom stereocenters. The highest BCUT2D eigenvalue weighted by Crippen LogP contribution is 2.72. The Balaban J connectivity index is 1.78. The highest BCUT2D eigenvalue weighted by molar-refractivity contribution is 7.78. The third-order valence-electron chi connectivity index (χ3n) is 13.1. The minimum Gasteiger partial charge on any atom is -0.326 e. The third-order valence-corrected chi connectivity index (χ3v) is 19.5. The number of hydrogen-bond donors (Lipinski definition) is 0. The van der Waals surface area contributed by atoms with Gasteiger partial charge in [-0.2, -0.15) is 0 Å². The monoisotopic (exact) mass is 671 g/mol. The Morgan fingerprint density at radius 1 is 0.438 bits per heavy atom. The van der Waals surface area contributed by atoms with E-state index in [9.17, 15) is 0 Å². The van der Waals surface area contributed by atoms with E-state index >= 15 is 0 Å². The summed E-state index contributed by atoms with van der Waals surface area (Å²) in [5.41, 5.74) is 14.1. The van der Waals surface area contributed by atoms with E-state index in [2.05, 4.69) is 102 Å². The van der Waals surface area contributed by atoms with Crippen LogP contribution in [0.5, 0.6) is 0 Å². The number of anilines is 2. The summed E-state index contributed by atoms with van der Waals surface area (Å²) in [7, 11) is 0. The third kappa shape index (κ3) is 6.72. The van der Waals surface area contributed by atoms with Crippen molar-refractivity contribution in [1.82, 2.24) is 0 Å². The van der Waals surface area contributed by atoms with Gasteiger partial charge in [-0.15, -0.1) is 0 Å². The standard InChI is InChI=1S/C45H71N2P/c1-32(2)39-26-18-27-40(33(3)4)43(39)46-30-31-47(44-41(34(5)6)28-19-29-42(44)35(7)8)45(46)48(36-20-12-9-13-21-36,37-22-14-10-15-23-37)38-24-16-11-17-25-38/h18-19,26-29,32-38H,9-17,20-25,30-31H2,1-8H3. The highest BCUT2D eigenvalue weighted by atomic mass is 31.2. The van der Waals surface area contributed by atoms with E-state index in [1.54, 1.807) is 33.6 Å². The molecular weight excluding hydrogens is 599 g/mol. The Morgan fingerprint density at radius 2 is 0.708 bits per heavy atom. The van der Waals surface area contributed by atoms with Gasteiger partial charge in [0.15, 0.2) is 0 Å². The van der Waals surface area contributed by atoms with Crippen LogP contribution in [0.2, 0.25) is 0 Å². The lowest BCUT2D eigenvalue weighted by molar-refractivity contribution is 0.458. The molecule has 3 aliphatic carbocycles. The second kappa shape index (κ2) is 15.7. The van der Waals surface area contributed by atoms with Crippen molar-refractivity contribution in [1.29, 1.82) is 0 Å². The first kappa shape index (κ1) is 36.1. The summed E-state index contributed by atoms with van der Waals surface area (Å²) < 4.78 is 0. The molecule has 1 aliphatic heterocycles. The molecule has 0 N–H and O–H groups in total. The van der Waals surface area contributed by atoms with E-state index in [0.29, 0.717) is 23.7 Å². The van der Waals surface area contributed by atoms with Gasteiger partial charge in [0.1, 0.15) is 5.54 Å². The zero-order valence-corrected chi connectivity index (χ0v) is 33.3. The molecule has 4 fully saturated rings. The maximum atomic E-state index is 3.08. The summed E-state index contributed by atoms with van der Waals surface area (Å²) in [6.45, 7) is 20.2. The lowest BCUT2D eigenvalue weighted by atomic mass is 9.92. The average molecular weight is 671 g/mol. The maximum absolute atomic E-state index is 3.08. The number of benzene rings is 2. The molecule has 2 nitrogen and oxygen atoms in total. The summed E-state index contributed by atoms with van der Waals surface area (Å²) in [6, 6.07) is 14.7. The number of nitrogens with zero attached hydrogens (tertiary/aromatic N) is 2. The SMILES string of the molecule is CC(C)c1cccc(C(C)C)c1N1CCN(c2c(C(C)C)cccc2C(C)C)C1=P(C1CCCCC1)(C1CCCCC1)C1CCCCC1. The van der Waals surface area contributed by atoms with Crippen LogP contribution in [0.25, 0.3) is 0 Å². The Labute approximate surface area is 296 Å². The summed E-state index contributed by atoms with van der Waals surface area (Å²) in [5.74, 6) is 2.04. The van der Waals surface area contributed by atoms with Gasteiger partial charge in [-0.25, -0.2) is 0 Å². The Bertz CT molecular complexity index is 1240. The van der Waals surface area contributed by atoms with Crippen LogP contribution in [-0.2, 0) is 0 Å². The van der Waals surface area contributed by atoms with Crippen LogP contribution < -0.4 is 9.80 Å². The predicted octanol–water partition coefficient (Wildman–Crippen LogP) is 13.6. The molecule has 0 atom stereocenters. The quantitative estimate of drug-likeness (QED) is 0.245. The number of rotatable bonds is 9. The fraction of sp³-hybridized carbons (Fsp3) is 0.711. The van der Waals surface area contributed by atoms with Gasteiger partial charge in [0.25, 0.3) is 0 Å². The van der Waals surface area contributed by atoms with E-state index in [-0.39, 0.29) is 0 Å². The van der Waals surface area contributed by atoms with Crippen LogP contribution in [0.1, 0.15) is 198 Å². The van der Waals surface area contributed by atoms with Crippen LogP contribution in [0.3, 0.4) is 0 Å². The summed E-state index contributed by atoms with van der Waals surface area (Å²) in [5, 5.41) is 0. The molecule has 266 valence electrons.